The second-order valence-corrected chi connectivity index (χ2v) is 7.69. The van der Waals surface area contributed by atoms with Gasteiger partial charge >= 0.3 is 11.9 Å². The van der Waals surface area contributed by atoms with E-state index >= 15 is 0 Å². The fourth-order valence-electron chi connectivity index (χ4n) is 2.95. The number of pyridine rings is 1. The molecular weight excluding hydrogens is 364 g/mol. The minimum atomic E-state index is -3.85. The largest absolute Gasteiger partial charge is 0.478 e. The van der Waals surface area contributed by atoms with Gasteiger partial charge in [0, 0.05) is 18.5 Å². The minimum absolute atomic E-state index is 0.0326. The van der Waals surface area contributed by atoms with Gasteiger partial charge in [-0.15, -0.1) is 0 Å². The Kier molecular flexibility index (Phi) is 4.65. The summed E-state index contributed by atoms with van der Waals surface area (Å²) in [7, 11) is -3.85. The Hall–Kier alpha value is -2.56. The number of fused-ring (bicyclic) bond motifs is 1. The van der Waals surface area contributed by atoms with Crippen LogP contribution in [0.5, 0.6) is 0 Å². The second kappa shape index (κ2) is 6.63. The van der Waals surface area contributed by atoms with Crippen LogP contribution in [-0.4, -0.2) is 66.2 Å². The van der Waals surface area contributed by atoms with Crippen LogP contribution in [0.4, 0.5) is 0 Å². The summed E-state index contributed by atoms with van der Waals surface area (Å²) in [5.41, 5.74) is -0.665. The average molecular weight is 380 g/mol. The molecule has 3 rings (SSSR count). The predicted molar refractivity (Wildman–Crippen MR) is 90.0 cm³/mol. The molecule has 0 spiro atoms. The van der Waals surface area contributed by atoms with Gasteiger partial charge in [-0.2, -0.15) is 4.31 Å². The van der Waals surface area contributed by atoms with E-state index in [4.69, 9.17) is 4.74 Å². The van der Waals surface area contributed by atoms with Crippen molar-refractivity contribution in [2.24, 2.45) is 0 Å². The highest BCUT2D eigenvalue weighted by atomic mass is 32.2. The summed E-state index contributed by atoms with van der Waals surface area (Å²) in [5, 5.41) is 18.8. The van der Waals surface area contributed by atoms with Gasteiger partial charge in [0.15, 0.2) is 0 Å². The van der Waals surface area contributed by atoms with Crippen LogP contribution in [-0.2, 0) is 14.8 Å². The number of aromatic carboxylic acids is 2. The number of benzene rings is 1. The van der Waals surface area contributed by atoms with Gasteiger partial charge in [-0.25, -0.2) is 18.0 Å². The lowest BCUT2D eigenvalue weighted by molar-refractivity contribution is 0.0652. The molecule has 1 aromatic carbocycles. The van der Waals surface area contributed by atoms with Crippen LogP contribution in [0.2, 0.25) is 0 Å². The Morgan fingerprint density at radius 2 is 1.73 bits per heavy atom. The van der Waals surface area contributed by atoms with Gasteiger partial charge in [0.2, 0.25) is 10.0 Å². The molecule has 0 saturated carbocycles. The molecule has 1 saturated heterocycles. The fraction of sp³-hybridized carbons (Fsp3) is 0.312. The number of morpholine rings is 1. The van der Waals surface area contributed by atoms with E-state index in [0.29, 0.717) is 0 Å². The maximum atomic E-state index is 12.8. The summed E-state index contributed by atoms with van der Waals surface area (Å²) in [4.78, 5) is 27.2. The lowest BCUT2D eigenvalue weighted by Gasteiger charge is -2.26. The van der Waals surface area contributed by atoms with Crippen molar-refractivity contribution in [3.05, 3.63) is 35.0 Å². The molecule has 2 heterocycles. The van der Waals surface area contributed by atoms with Crippen molar-refractivity contribution in [2.75, 3.05) is 26.3 Å². The smallest absolute Gasteiger partial charge is 0.338 e. The van der Waals surface area contributed by atoms with E-state index < -0.39 is 33.1 Å². The Balaban J connectivity index is 2.25. The second-order valence-electron chi connectivity index (χ2n) is 5.75. The van der Waals surface area contributed by atoms with E-state index in [1.54, 1.807) is 0 Å². The monoisotopic (exact) mass is 380 g/mol. The third-order valence-electron chi connectivity index (χ3n) is 4.17. The van der Waals surface area contributed by atoms with Crippen molar-refractivity contribution < 1.29 is 33.0 Å². The zero-order valence-corrected chi connectivity index (χ0v) is 14.6. The summed E-state index contributed by atoms with van der Waals surface area (Å²) in [6, 6.07) is 3.89. The third-order valence-corrected chi connectivity index (χ3v) is 6.07. The lowest BCUT2D eigenvalue weighted by atomic mass is 10.0. The first kappa shape index (κ1) is 18.2. The van der Waals surface area contributed by atoms with Gasteiger partial charge < -0.3 is 14.9 Å². The Morgan fingerprint density at radius 1 is 1.12 bits per heavy atom. The topological polar surface area (TPSA) is 134 Å². The van der Waals surface area contributed by atoms with Crippen molar-refractivity contribution >= 4 is 32.9 Å². The molecule has 26 heavy (non-hydrogen) atoms. The number of carboxylic acids is 2. The highest BCUT2D eigenvalue weighted by Crippen LogP contribution is 2.28. The molecule has 2 aromatic rings. The van der Waals surface area contributed by atoms with Gasteiger partial charge in [-0.05, 0) is 25.1 Å². The summed E-state index contributed by atoms with van der Waals surface area (Å²) >= 11 is 0. The Labute approximate surface area is 148 Å². The molecule has 1 aliphatic rings. The molecule has 0 bridgehead atoms. The molecule has 1 fully saturated rings. The number of rotatable bonds is 4. The normalized spacial score (nSPS) is 15.9. The quantitative estimate of drug-likeness (QED) is 0.801. The SMILES string of the molecule is Cc1nc2ccc(S(=O)(=O)N3CCOCC3)cc2c(C(=O)O)c1C(=O)O. The number of carbonyl (C=O) groups is 2. The fourth-order valence-corrected chi connectivity index (χ4v) is 4.38. The molecule has 0 radical (unpaired) electrons. The molecule has 10 heteroatoms. The standard InChI is InChI=1S/C16H16N2O7S/c1-9-13(15(19)20)14(16(21)22)11-8-10(2-3-12(11)17-9)26(23,24)18-4-6-25-7-5-18/h2-3,8H,4-7H2,1H3,(H,19,20)(H,21,22). The molecule has 1 aliphatic heterocycles. The molecule has 0 aliphatic carbocycles. The van der Waals surface area contributed by atoms with E-state index in [1.165, 1.54) is 29.4 Å². The predicted octanol–water partition coefficient (Wildman–Crippen LogP) is 0.961. The van der Waals surface area contributed by atoms with Crippen molar-refractivity contribution in [1.29, 1.82) is 0 Å². The Bertz CT molecular complexity index is 1010. The van der Waals surface area contributed by atoms with Gasteiger partial charge in [-0.1, -0.05) is 0 Å². The molecule has 1 aromatic heterocycles. The van der Waals surface area contributed by atoms with Gasteiger partial charge in [0.25, 0.3) is 0 Å². The average Bonchev–Trinajstić information content (AvgIpc) is 2.60. The number of hydrogen-bond acceptors (Lipinski definition) is 6. The maximum Gasteiger partial charge on any atom is 0.338 e. The van der Waals surface area contributed by atoms with E-state index in [0.717, 1.165) is 0 Å². The zero-order valence-electron chi connectivity index (χ0n) is 13.8. The van der Waals surface area contributed by atoms with E-state index in [1.807, 2.05) is 0 Å². The van der Waals surface area contributed by atoms with Crippen LogP contribution in [0.1, 0.15) is 26.4 Å². The summed E-state index contributed by atoms with van der Waals surface area (Å²) < 4.78 is 32.0. The van der Waals surface area contributed by atoms with Gasteiger partial charge in [0.05, 0.1) is 40.4 Å². The van der Waals surface area contributed by atoms with Gasteiger partial charge in [0.1, 0.15) is 0 Å². The number of aromatic nitrogens is 1. The highest BCUT2D eigenvalue weighted by molar-refractivity contribution is 7.89. The molecule has 138 valence electrons. The number of nitrogens with zero attached hydrogens (tertiary/aromatic N) is 2. The highest BCUT2D eigenvalue weighted by Gasteiger charge is 2.29. The molecule has 2 N–H and O–H groups in total. The minimum Gasteiger partial charge on any atom is -0.478 e. The molecule has 9 nitrogen and oxygen atoms in total. The van der Waals surface area contributed by atoms with Crippen molar-refractivity contribution in [3.63, 3.8) is 0 Å². The summed E-state index contributed by atoms with van der Waals surface area (Å²) in [6.45, 7) is 2.33. The molecule has 0 atom stereocenters. The van der Waals surface area contributed by atoms with Crippen LogP contribution in [0.15, 0.2) is 23.1 Å². The number of aryl methyl sites for hydroxylation is 1. The maximum absolute atomic E-state index is 12.8. The number of carboxylic acid groups (broad SMARTS) is 2. The number of ether oxygens (including phenoxy) is 1. The van der Waals surface area contributed by atoms with Crippen molar-refractivity contribution in [1.82, 2.24) is 9.29 Å². The lowest BCUT2D eigenvalue weighted by Crippen LogP contribution is -2.40. The van der Waals surface area contributed by atoms with E-state index in [-0.39, 0.29) is 47.8 Å². The first-order valence-electron chi connectivity index (χ1n) is 7.72. The van der Waals surface area contributed by atoms with Crippen LogP contribution in [0.25, 0.3) is 10.9 Å². The Morgan fingerprint density at radius 3 is 2.31 bits per heavy atom. The molecular formula is C16H16N2O7S. The number of hydrogen-bond donors (Lipinski definition) is 2. The molecule has 0 amide bonds. The van der Waals surface area contributed by atoms with Crippen molar-refractivity contribution in [2.45, 2.75) is 11.8 Å². The van der Waals surface area contributed by atoms with Crippen LogP contribution < -0.4 is 0 Å². The van der Waals surface area contributed by atoms with Crippen LogP contribution in [0.3, 0.4) is 0 Å². The summed E-state index contributed by atoms with van der Waals surface area (Å²) in [6.07, 6.45) is 0. The molecule has 0 unspecified atom stereocenters. The summed E-state index contributed by atoms with van der Waals surface area (Å²) in [5.74, 6) is -2.89. The van der Waals surface area contributed by atoms with Crippen molar-refractivity contribution in [3.8, 4) is 0 Å². The van der Waals surface area contributed by atoms with E-state index in [9.17, 15) is 28.2 Å². The zero-order chi connectivity index (χ0) is 19.1. The third kappa shape index (κ3) is 3.02. The first-order valence-corrected chi connectivity index (χ1v) is 9.16. The number of sulfonamides is 1. The van der Waals surface area contributed by atoms with E-state index in [2.05, 4.69) is 4.98 Å². The van der Waals surface area contributed by atoms with Crippen LogP contribution >= 0.6 is 0 Å². The van der Waals surface area contributed by atoms with Crippen LogP contribution in [0, 0.1) is 6.92 Å². The van der Waals surface area contributed by atoms with Gasteiger partial charge in [-0.3, -0.25) is 4.98 Å². The first-order chi connectivity index (χ1) is 12.2.